The van der Waals surface area contributed by atoms with Gasteiger partial charge in [0.15, 0.2) is 0 Å². The number of aromatic nitrogens is 1. The summed E-state index contributed by atoms with van der Waals surface area (Å²) in [4.78, 5) is 41.3. The van der Waals surface area contributed by atoms with Gasteiger partial charge in [-0.15, -0.1) is 0 Å². The highest BCUT2D eigenvalue weighted by Crippen LogP contribution is 2.40. The molecule has 7 heteroatoms. The summed E-state index contributed by atoms with van der Waals surface area (Å²) in [5, 5.41) is 3.83. The van der Waals surface area contributed by atoms with Gasteiger partial charge in [0.1, 0.15) is 12.0 Å². The van der Waals surface area contributed by atoms with Crippen molar-refractivity contribution in [2.75, 3.05) is 14.1 Å². The summed E-state index contributed by atoms with van der Waals surface area (Å²) < 4.78 is 4.82. The van der Waals surface area contributed by atoms with E-state index in [4.69, 9.17) is 4.52 Å². The van der Waals surface area contributed by atoms with Crippen LogP contribution in [0.5, 0.6) is 0 Å². The van der Waals surface area contributed by atoms with Gasteiger partial charge in [-0.3, -0.25) is 19.3 Å². The average molecular weight is 417 g/mol. The van der Waals surface area contributed by atoms with E-state index in [-0.39, 0.29) is 37.1 Å². The van der Waals surface area contributed by atoms with Crippen LogP contribution in [0.4, 0.5) is 0 Å². The quantitative estimate of drug-likeness (QED) is 0.576. The number of benzene rings is 2. The van der Waals surface area contributed by atoms with Crippen LogP contribution in [0, 0.1) is 0 Å². The first-order chi connectivity index (χ1) is 14.9. The third-order valence-electron chi connectivity index (χ3n) is 5.85. The molecular weight excluding hydrogens is 394 g/mol. The highest BCUT2D eigenvalue weighted by Gasteiger charge is 2.52. The molecule has 1 fully saturated rings. The van der Waals surface area contributed by atoms with Gasteiger partial charge < -0.3 is 9.42 Å². The molecule has 3 aromatic rings. The number of likely N-dealkylation sites (N-methyl/N-ethyl adjacent to an activating group) is 1. The van der Waals surface area contributed by atoms with Crippen LogP contribution in [0.3, 0.4) is 0 Å². The summed E-state index contributed by atoms with van der Waals surface area (Å²) in [5.41, 5.74) is 2.12. The summed E-state index contributed by atoms with van der Waals surface area (Å²) in [6.45, 7) is 0.260. The molecule has 31 heavy (non-hydrogen) atoms. The predicted octanol–water partition coefficient (Wildman–Crippen LogP) is 3.02. The minimum atomic E-state index is -1.21. The maximum atomic E-state index is 13.2. The van der Waals surface area contributed by atoms with Crippen molar-refractivity contribution < 1.29 is 18.9 Å². The molecule has 1 aliphatic heterocycles. The fourth-order valence-corrected chi connectivity index (χ4v) is 4.01. The topological polar surface area (TPSA) is 83.7 Å². The van der Waals surface area contributed by atoms with Crippen molar-refractivity contribution in [1.82, 2.24) is 15.0 Å². The lowest BCUT2D eigenvalue weighted by molar-refractivity contribution is -0.141. The van der Waals surface area contributed by atoms with Crippen molar-refractivity contribution in [2.24, 2.45) is 0 Å². The van der Waals surface area contributed by atoms with Gasteiger partial charge in [0.2, 0.25) is 17.7 Å². The Labute approximate surface area is 180 Å². The summed E-state index contributed by atoms with van der Waals surface area (Å²) in [6, 6.07) is 19.1. The number of hydrogen-bond acceptors (Lipinski definition) is 5. The van der Waals surface area contributed by atoms with Crippen molar-refractivity contribution in [3.8, 4) is 11.1 Å². The SMILES string of the molecule is CN(Cc1ccon1)C(=O)CC1(c2ccc(-c3ccccc3)cc2)CC(=O)N(C)C1=O. The molecule has 3 amide bonds. The van der Waals surface area contributed by atoms with Gasteiger partial charge in [-0.25, -0.2) is 0 Å². The highest BCUT2D eigenvalue weighted by atomic mass is 16.5. The van der Waals surface area contributed by atoms with Crippen molar-refractivity contribution in [3.63, 3.8) is 0 Å². The molecule has 0 aliphatic carbocycles. The van der Waals surface area contributed by atoms with E-state index < -0.39 is 5.41 Å². The highest BCUT2D eigenvalue weighted by molar-refractivity contribution is 6.10. The molecule has 1 aliphatic rings. The molecule has 7 nitrogen and oxygen atoms in total. The number of carbonyl (C=O) groups excluding carboxylic acids is 3. The molecular formula is C24H23N3O4. The molecule has 0 spiro atoms. The van der Waals surface area contributed by atoms with Crippen LogP contribution in [0.25, 0.3) is 11.1 Å². The summed E-state index contributed by atoms with van der Waals surface area (Å²) >= 11 is 0. The van der Waals surface area contributed by atoms with Crippen LogP contribution in [0.1, 0.15) is 24.1 Å². The fourth-order valence-electron chi connectivity index (χ4n) is 4.01. The molecule has 1 saturated heterocycles. The molecule has 0 radical (unpaired) electrons. The van der Waals surface area contributed by atoms with Gasteiger partial charge in [0.25, 0.3) is 0 Å². The summed E-state index contributed by atoms with van der Waals surface area (Å²) in [7, 11) is 3.11. The second kappa shape index (κ2) is 8.18. The van der Waals surface area contributed by atoms with Gasteiger partial charge in [0.05, 0.1) is 12.0 Å². The largest absolute Gasteiger partial charge is 0.364 e. The molecule has 2 heterocycles. The molecule has 1 aromatic heterocycles. The zero-order chi connectivity index (χ0) is 22.0. The van der Waals surface area contributed by atoms with Gasteiger partial charge in [-0.05, 0) is 16.7 Å². The third kappa shape index (κ3) is 3.86. The van der Waals surface area contributed by atoms with Crippen LogP contribution in [-0.4, -0.2) is 46.8 Å². The van der Waals surface area contributed by atoms with Crippen LogP contribution in [-0.2, 0) is 26.3 Å². The standard InChI is InChI=1S/C24H23N3O4/c1-26(16-20-12-13-31-25-20)21(28)14-24(15-22(29)27(2)23(24)30)19-10-8-18(9-11-19)17-6-4-3-5-7-17/h3-13H,14-16H2,1-2H3. The second-order valence-electron chi connectivity index (χ2n) is 7.88. The van der Waals surface area contributed by atoms with E-state index in [1.54, 1.807) is 13.1 Å². The third-order valence-corrected chi connectivity index (χ3v) is 5.85. The predicted molar refractivity (Wildman–Crippen MR) is 114 cm³/mol. The lowest BCUT2D eigenvalue weighted by Crippen LogP contribution is -2.41. The van der Waals surface area contributed by atoms with Crippen molar-refractivity contribution >= 4 is 17.7 Å². The second-order valence-corrected chi connectivity index (χ2v) is 7.88. The normalized spacial score (nSPS) is 18.5. The number of imide groups is 1. The Hall–Kier alpha value is -3.74. The smallest absolute Gasteiger partial charge is 0.240 e. The first-order valence-electron chi connectivity index (χ1n) is 10.0. The van der Waals surface area contributed by atoms with Gasteiger partial charge >= 0.3 is 0 Å². The van der Waals surface area contributed by atoms with Crippen LogP contribution >= 0.6 is 0 Å². The van der Waals surface area contributed by atoms with Crippen molar-refractivity contribution in [3.05, 3.63) is 78.2 Å². The molecule has 1 atom stereocenters. The maximum absolute atomic E-state index is 13.2. The monoisotopic (exact) mass is 417 g/mol. The minimum absolute atomic E-state index is 0.0312. The number of carbonyl (C=O) groups is 3. The van der Waals surface area contributed by atoms with E-state index in [2.05, 4.69) is 5.16 Å². The van der Waals surface area contributed by atoms with Crippen molar-refractivity contribution in [1.29, 1.82) is 0 Å². The van der Waals surface area contributed by atoms with E-state index in [1.807, 2.05) is 54.6 Å². The molecule has 158 valence electrons. The average Bonchev–Trinajstić information content (AvgIpc) is 3.37. The lowest BCUT2D eigenvalue weighted by Gasteiger charge is -2.28. The number of rotatable bonds is 6. The van der Waals surface area contributed by atoms with Gasteiger partial charge in [0, 0.05) is 33.0 Å². The number of hydrogen-bond donors (Lipinski definition) is 0. The van der Waals surface area contributed by atoms with E-state index >= 15 is 0 Å². The Balaban J connectivity index is 1.64. The molecule has 4 rings (SSSR count). The Kier molecular flexibility index (Phi) is 5.42. The molecule has 0 saturated carbocycles. The lowest BCUT2D eigenvalue weighted by atomic mass is 9.75. The maximum Gasteiger partial charge on any atom is 0.240 e. The summed E-state index contributed by atoms with van der Waals surface area (Å²) in [6.07, 6.45) is 1.31. The molecule has 1 unspecified atom stereocenters. The fraction of sp³-hybridized carbons (Fsp3) is 0.250. The Morgan fingerprint density at radius 2 is 1.74 bits per heavy atom. The van der Waals surface area contributed by atoms with Crippen LogP contribution in [0.15, 0.2) is 71.4 Å². The Morgan fingerprint density at radius 1 is 1.06 bits per heavy atom. The van der Waals surface area contributed by atoms with E-state index in [0.717, 1.165) is 16.0 Å². The van der Waals surface area contributed by atoms with E-state index in [9.17, 15) is 14.4 Å². The van der Waals surface area contributed by atoms with Gasteiger partial charge in [-0.1, -0.05) is 59.8 Å². The first-order valence-corrected chi connectivity index (χ1v) is 10.0. The molecule has 0 N–H and O–H groups in total. The summed E-state index contributed by atoms with van der Waals surface area (Å²) in [5.74, 6) is -0.885. The molecule has 2 aromatic carbocycles. The zero-order valence-electron chi connectivity index (χ0n) is 17.4. The zero-order valence-corrected chi connectivity index (χ0v) is 17.4. The van der Waals surface area contributed by atoms with Crippen molar-refractivity contribution in [2.45, 2.75) is 24.8 Å². The number of amides is 3. The number of nitrogens with zero attached hydrogens (tertiary/aromatic N) is 3. The first kappa shape index (κ1) is 20.5. The van der Waals surface area contributed by atoms with Crippen LogP contribution < -0.4 is 0 Å². The van der Waals surface area contributed by atoms with E-state index in [1.165, 1.54) is 18.2 Å². The van der Waals surface area contributed by atoms with E-state index in [0.29, 0.717) is 11.3 Å². The number of likely N-dealkylation sites (tertiary alicyclic amines) is 1. The Bertz CT molecular complexity index is 1090. The molecule has 0 bridgehead atoms. The van der Waals surface area contributed by atoms with Gasteiger partial charge in [-0.2, -0.15) is 0 Å². The van der Waals surface area contributed by atoms with Crippen LogP contribution in [0.2, 0.25) is 0 Å². The Morgan fingerprint density at radius 3 is 2.32 bits per heavy atom. The minimum Gasteiger partial charge on any atom is -0.364 e.